The van der Waals surface area contributed by atoms with E-state index in [0.29, 0.717) is 0 Å². The Kier molecular flexibility index (Phi) is 12.9. The second kappa shape index (κ2) is 13.0. The van der Waals surface area contributed by atoms with E-state index in [-0.39, 0.29) is 5.54 Å². The van der Waals surface area contributed by atoms with Gasteiger partial charge in [-0.3, -0.25) is 0 Å². The number of hydrogen-bond acceptors (Lipinski definition) is 0. The van der Waals surface area contributed by atoms with Gasteiger partial charge in [0, 0.05) is 6.42 Å². The fourth-order valence-corrected chi connectivity index (χ4v) is 2.62. The summed E-state index contributed by atoms with van der Waals surface area (Å²) in [4.78, 5) is 0. The van der Waals surface area contributed by atoms with Gasteiger partial charge in [0.15, 0.2) is 0 Å². The van der Waals surface area contributed by atoms with Gasteiger partial charge in [0.1, 0.15) is 0 Å². The van der Waals surface area contributed by atoms with Crippen molar-refractivity contribution in [2.45, 2.75) is 116 Å². The second-order valence-electron chi connectivity index (χ2n) is 7.16. The minimum atomic E-state index is 0.289. The summed E-state index contributed by atoms with van der Waals surface area (Å²) in [6.07, 6.45) is 20.0. The quantitative estimate of drug-likeness (QED) is 0.404. The molecule has 0 heterocycles. The van der Waals surface area contributed by atoms with E-state index in [2.05, 4.69) is 26.5 Å². The predicted molar refractivity (Wildman–Crippen MR) is 87.3 cm³/mol. The van der Waals surface area contributed by atoms with Gasteiger partial charge in [-0.1, -0.05) is 84.0 Å². The van der Waals surface area contributed by atoms with Crippen LogP contribution in [-0.4, -0.2) is 5.54 Å². The highest BCUT2D eigenvalue weighted by atomic mass is 14.7. The van der Waals surface area contributed by atoms with Crippen LogP contribution in [0.4, 0.5) is 0 Å². The van der Waals surface area contributed by atoms with Gasteiger partial charge >= 0.3 is 0 Å². The van der Waals surface area contributed by atoms with Crippen LogP contribution in [0.3, 0.4) is 0 Å². The zero-order valence-electron chi connectivity index (χ0n) is 14.1. The Bertz CT molecular complexity index is 169. The molecule has 1 heteroatoms. The van der Waals surface area contributed by atoms with E-state index in [1.54, 1.807) is 0 Å². The summed E-state index contributed by atoms with van der Waals surface area (Å²) in [6, 6.07) is 0. The molecule has 0 aromatic heterocycles. The molecule has 0 radical (unpaired) electrons. The van der Waals surface area contributed by atoms with Gasteiger partial charge in [-0.05, 0) is 20.3 Å². The molecule has 0 aliphatic heterocycles. The minimum Gasteiger partial charge on any atom is -0.353 e. The van der Waals surface area contributed by atoms with Crippen molar-refractivity contribution >= 4 is 0 Å². The van der Waals surface area contributed by atoms with Gasteiger partial charge in [-0.2, -0.15) is 0 Å². The Morgan fingerprint density at radius 3 is 1.21 bits per heavy atom. The lowest BCUT2D eigenvalue weighted by molar-refractivity contribution is -0.467. The molecule has 0 fully saturated rings. The van der Waals surface area contributed by atoms with Crippen LogP contribution in [0.1, 0.15) is 111 Å². The van der Waals surface area contributed by atoms with Gasteiger partial charge in [0.05, 0.1) is 5.54 Å². The maximum atomic E-state index is 4.16. The Labute approximate surface area is 122 Å². The van der Waals surface area contributed by atoms with Crippen molar-refractivity contribution in [3.05, 3.63) is 0 Å². The summed E-state index contributed by atoms with van der Waals surface area (Å²) in [5, 5.41) is 0. The van der Waals surface area contributed by atoms with E-state index in [9.17, 15) is 0 Å². The molecule has 0 aromatic carbocycles. The summed E-state index contributed by atoms with van der Waals surface area (Å²) in [5.74, 6) is 0. The number of quaternary nitrogens is 1. The zero-order chi connectivity index (χ0) is 14.4. The third-order valence-electron chi connectivity index (χ3n) is 3.96. The number of rotatable bonds is 14. The Balaban J connectivity index is 2.99. The summed E-state index contributed by atoms with van der Waals surface area (Å²) in [7, 11) is 0. The van der Waals surface area contributed by atoms with Crippen LogP contribution in [0, 0.1) is 0 Å². The number of unbranched alkanes of at least 4 members (excludes halogenated alkanes) is 12. The van der Waals surface area contributed by atoms with Crippen molar-refractivity contribution in [2.75, 3.05) is 0 Å². The second-order valence-corrected chi connectivity index (χ2v) is 7.16. The lowest BCUT2D eigenvalue weighted by atomic mass is 9.97. The predicted octanol–water partition coefficient (Wildman–Crippen LogP) is 5.49. The van der Waals surface area contributed by atoms with Gasteiger partial charge in [-0.15, -0.1) is 0 Å². The third kappa shape index (κ3) is 18.0. The SMILES string of the molecule is CCCCCCCCCCCCCCCC(C)(C)[NH3+]. The smallest absolute Gasteiger partial charge is 0.0889 e. The van der Waals surface area contributed by atoms with Crippen molar-refractivity contribution in [3.63, 3.8) is 0 Å². The monoisotopic (exact) mass is 270 g/mol. The Morgan fingerprint density at radius 2 is 0.895 bits per heavy atom. The lowest BCUT2D eigenvalue weighted by Crippen LogP contribution is -2.68. The maximum Gasteiger partial charge on any atom is 0.0889 e. The van der Waals surface area contributed by atoms with Gasteiger partial charge in [-0.25, -0.2) is 0 Å². The molecule has 0 spiro atoms. The Morgan fingerprint density at radius 1 is 0.579 bits per heavy atom. The molecule has 0 bridgehead atoms. The van der Waals surface area contributed by atoms with Crippen LogP contribution in [0.25, 0.3) is 0 Å². The van der Waals surface area contributed by atoms with E-state index < -0.39 is 0 Å². The van der Waals surface area contributed by atoms with Crippen molar-refractivity contribution < 1.29 is 5.73 Å². The van der Waals surface area contributed by atoms with Crippen LogP contribution < -0.4 is 5.73 Å². The van der Waals surface area contributed by atoms with Crippen LogP contribution >= 0.6 is 0 Å². The standard InChI is InChI=1S/C18H39N/c1-4-5-6-7-8-9-10-11-12-13-14-15-16-17-18(2,3)19/h4-17,19H2,1-3H3/p+1. The fraction of sp³-hybridized carbons (Fsp3) is 1.00. The molecule has 0 rings (SSSR count). The fourth-order valence-electron chi connectivity index (χ4n) is 2.62. The first-order valence-electron chi connectivity index (χ1n) is 8.91. The summed E-state index contributed by atoms with van der Waals surface area (Å²) < 4.78 is 0. The van der Waals surface area contributed by atoms with E-state index in [1.165, 1.54) is 89.9 Å². The molecule has 0 aromatic rings. The molecule has 0 saturated carbocycles. The first-order valence-corrected chi connectivity index (χ1v) is 8.91. The van der Waals surface area contributed by atoms with Crippen LogP contribution in [0.5, 0.6) is 0 Å². The Hall–Kier alpha value is -0.0400. The number of hydrogen-bond donors (Lipinski definition) is 1. The molecule has 1 nitrogen and oxygen atoms in total. The molecule has 3 N–H and O–H groups in total. The molecule has 0 saturated heterocycles. The van der Waals surface area contributed by atoms with Gasteiger partial charge in [0.2, 0.25) is 0 Å². The zero-order valence-corrected chi connectivity index (χ0v) is 14.1. The normalized spacial score (nSPS) is 12.0. The highest BCUT2D eigenvalue weighted by Gasteiger charge is 2.12. The minimum absolute atomic E-state index is 0.289. The summed E-state index contributed by atoms with van der Waals surface area (Å²) >= 11 is 0. The molecule has 0 unspecified atom stereocenters. The van der Waals surface area contributed by atoms with Crippen molar-refractivity contribution in [2.24, 2.45) is 0 Å². The van der Waals surface area contributed by atoms with Gasteiger partial charge in [0.25, 0.3) is 0 Å². The molecule has 0 amide bonds. The molecular weight excluding hydrogens is 230 g/mol. The van der Waals surface area contributed by atoms with E-state index in [4.69, 9.17) is 0 Å². The average molecular weight is 271 g/mol. The van der Waals surface area contributed by atoms with E-state index >= 15 is 0 Å². The highest BCUT2D eigenvalue weighted by Crippen LogP contribution is 2.14. The van der Waals surface area contributed by atoms with Crippen molar-refractivity contribution in [1.82, 2.24) is 0 Å². The molecule has 19 heavy (non-hydrogen) atoms. The molecule has 0 atom stereocenters. The van der Waals surface area contributed by atoms with Gasteiger partial charge < -0.3 is 5.73 Å². The highest BCUT2D eigenvalue weighted by molar-refractivity contribution is 4.62. The van der Waals surface area contributed by atoms with Crippen molar-refractivity contribution in [1.29, 1.82) is 0 Å². The molecule has 0 aliphatic rings. The van der Waals surface area contributed by atoms with Crippen molar-refractivity contribution in [3.8, 4) is 0 Å². The lowest BCUT2D eigenvalue weighted by Gasteiger charge is -2.13. The molecule has 0 aliphatic carbocycles. The summed E-state index contributed by atoms with van der Waals surface area (Å²) in [5.41, 5.74) is 4.45. The van der Waals surface area contributed by atoms with E-state index in [1.807, 2.05) is 0 Å². The first kappa shape index (κ1) is 19.0. The first-order chi connectivity index (χ1) is 9.06. The van der Waals surface area contributed by atoms with Crippen LogP contribution in [-0.2, 0) is 0 Å². The third-order valence-corrected chi connectivity index (χ3v) is 3.96. The average Bonchev–Trinajstić information content (AvgIpc) is 2.34. The maximum absolute atomic E-state index is 4.16. The topological polar surface area (TPSA) is 27.6 Å². The summed E-state index contributed by atoms with van der Waals surface area (Å²) in [6.45, 7) is 6.78. The van der Waals surface area contributed by atoms with Crippen LogP contribution in [0.2, 0.25) is 0 Å². The van der Waals surface area contributed by atoms with Crippen LogP contribution in [0.15, 0.2) is 0 Å². The largest absolute Gasteiger partial charge is 0.353 e. The van der Waals surface area contributed by atoms with E-state index in [0.717, 1.165) is 0 Å². The molecule has 116 valence electrons. The molecular formula is C18H40N+.